The number of carbonyl (C=O) groups is 3. The Labute approximate surface area is 254 Å². The molecule has 11 heteroatoms. The Morgan fingerprint density at radius 2 is 1.95 bits per heavy atom. The van der Waals surface area contributed by atoms with Crippen molar-refractivity contribution in [1.29, 1.82) is 0 Å². The first-order valence-electron chi connectivity index (χ1n) is 13.8. The summed E-state index contributed by atoms with van der Waals surface area (Å²) in [7, 11) is 1.82. The number of halogens is 1. The van der Waals surface area contributed by atoms with Crippen LogP contribution in [0.2, 0.25) is 5.02 Å². The number of hydrogen-bond acceptors (Lipinski definition) is 7. The van der Waals surface area contributed by atoms with E-state index in [0.717, 1.165) is 65.2 Å². The van der Waals surface area contributed by atoms with Crippen LogP contribution in [0.5, 0.6) is 0 Å². The molecular formula is C31H35ClN6O3S. The Balaban J connectivity index is 0.000000343. The molecule has 0 radical (unpaired) electrons. The summed E-state index contributed by atoms with van der Waals surface area (Å²) >= 11 is 7.21. The molecule has 5 rings (SSSR count). The maximum Gasteiger partial charge on any atom is 0.251 e. The van der Waals surface area contributed by atoms with Crippen molar-refractivity contribution in [3.63, 3.8) is 0 Å². The molecule has 42 heavy (non-hydrogen) atoms. The van der Waals surface area contributed by atoms with Crippen molar-refractivity contribution < 1.29 is 14.4 Å². The number of hydrogen-bond donors (Lipinski definition) is 4. The summed E-state index contributed by atoms with van der Waals surface area (Å²) in [5.41, 5.74) is 10.1. The second-order valence-electron chi connectivity index (χ2n) is 9.86. The van der Waals surface area contributed by atoms with Gasteiger partial charge in [0, 0.05) is 66.8 Å². The van der Waals surface area contributed by atoms with Gasteiger partial charge >= 0.3 is 0 Å². The van der Waals surface area contributed by atoms with Crippen molar-refractivity contribution in [2.75, 3.05) is 37.3 Å². The molecule has 3 heterocycles. The van der Waals surface area contributed by atoms with E-state index in [1.165, 1.54) is 4.88 Å². The zero-order valence-electron chi connectivity index (χ0n) is 23.5. The predicted molar refractivity (Wildman–Crippen MR) is 170 cm³/mol. The number of benzene rings is 2. The van der Waals surface area contributed by atoms with Gasteiger partial charge in [0.25, 0.3) is 5.91 Å². The first-order chi connectivity index (χ1) is 20.4. The van der Waals surface area contributed by atoms with Crippen LogP contribution in [-0.2, 0) is 29.0 Å². The third-order valence-electron chi connectivity index (χ3n) is 6.94. The van der Waals surface area contributed by atoms with Gasteiger partial charge in [0.2, 0.25) is 12.3 Å². The van der Waals surface area contributed by atoms with Gasteiger partial charge in [-0.05, 0) is 66.8 Å². The number of nitrogens with zero attached hydrogens (tertiary/aromatic N) is 2. The number of thiophene rings is 1. The molecule has 0 unspecified atom stereocenters. The van der Waals surface area contributed by atoms with E-state index in [1.54, 1.807) is 35.6 Å². The number of rotatable bonds is 11. The molecule has 4 aromatic rings. The van der Waals surface area contributed by atoms with Gasteiger partial charge in [-0.15, -0.1) is 11.3 Å². The average Bonchev–Trinajstić information content (AvgIpc) is 3.38. The summed E-state index contributed by atoms with van der Waals surface area (Å²) in [6, 6.07) is 17.0. The van der Waals surface area contributed by atoms with Crippen molar-refractivity contribution in [2.24, 2.45) is 5.73 Å². The molecule has 0 spiro atoms. The molecule has 1 aliphatic heterocycles. The van der Waals surface area contributed by atoms with E-state index in [1.807, 2.05) is 37.5 Å². The molecule has 3 amide bonds. The summed E-state index contributed by atoms with van der Waals surface area (Å²) in [4.78, 5) is 42.0. The van der Waals surface area contributed by atoms with Crippen LogP contribution >= 0.6 is 22.9 Å². The monoisotopic (exact) mass is 606 g/mol. The zero-order chi connectivity index (χ0) is 29.9. The molecule has 1 aliphatic rings. The van der Waals surface area contributed by atoms with Crippen molar-refractivity contribution in [3.05, 3.63) is 87.4 Å². The second-order valence-corrected chi connectivity index (χ2v) is 11.4. The lowest BCUT2D eigenvalue weighted by molar-refractivity contribution is -0.121. The lowest BCUT2D eigenvalue weighted by Crippen LogP contribution is -2.33. The first-order valence-corrected chi connectivity index (χ1v) is 15.0. The van der Waals surface area contributed by atoms with Crippen LogP contribution < -0.4 is 21.7 Å². The summed E-state index contributed by atoms with van der Waals surface area (Å²) in [6.07, 6.45) is 5.36. The van der Waals surface area contributed by atoms with Gasteiger partial charge in [-0.25, -0.2) is 0 Å². The Kier molecular flexibility index (Phi) is 11.3. The molecule has 9 nitrogen and oxygen atoms in total. The number of para-hydroxylation sites is 1. The number of carbonyl (C=O) groups excluding carboxylic acids is 3. The normalized spacial score (nSPS) is 12.5. The number of fused-ring (bicyclic) bond motifs is 2. The lowest BCUT2D eigenvalue weighted by Gasteiger charge is -2.27. The summed E-state index contributed by atoms with van der Waals surface area (Å²) in [5, 5.41) is 11.2. The fraction of sp³-hybridized carbons (Fsp3) is 0.290. The van der Waals surface area contributed by atoms with Gasteiger partial charge in [0.05, 0.1) is 11.1 Å². The van der Waals surface area contributed by atoms with E-state index in [9.17, 15) is 14.4 Å². The topological polar surface area (TPSA) is 129 Å². The average molecular weight is 607 g/mol. The van der Waals surface area contributed by atoms with Crippen LogP contribution in [0.15, 0.2) is 60.8 Å². The molecule has 5 N–H and O–H groups in total. The van der Waals surface area contributed by atoms with Gasteiger partial charge < -0.3 is 21.7 Å². The number of pyridine rings is 1. The number of nitrogens with two attached hydrogens (primary N) is 1. The van der Waals surface area contributed by atoms with Gasteiger partial charge in [-0.3, -0.25) is 24.3 Å². The van der Waals surface area contributed by atoms with Crippen LogP contribution in [0.4, 0.5) is 10.7 Å². The molecule has 0 atom stereocenters. The molecule has 0 fully saturated rings. The third-order valence-corrected chi connectivity index (χ3v) is 8.43. The van der Waals surface area contributed by atoms with E-state index in [0.29, 0.717) is 36.4 Å². The Bertz CT molecular complexity index is 1530. The van der Waals surface area contributed by atoms with Gasteiger partial charge in [0.1, 0.15) is 5.00 Å². The van der Waals surface area contributed by atoms with Crippen molar-refractivity contribution >= 4 is 62.8 Å². The minimum absolute atomic E-state index is 0.0714. The highest BCUT2D eigenvalue weighted by atomic mass is 35.5. The smallest absolute Gasteiger partial charge is 0.251 e. The van der Waals surface area contributed by atoms with E-state index < -0.39 is 0 Å². The van der Waals surface area contributed by atoms with E-state index in [4.69, 9.17) is 17.3 Å². The zero-order valence-corrected chi connectivity index (χ0v) is 25.1. The van der Waals surface area contributed by atoms with Crippen LogP contribution in [0.25, 0.3) is 10.9 Å². The summed E-state index contributed by atoms with van der Waals surface area (Å²) < 4.78 is 0. The van der Waals surface area contributed by atoms with E-state index >= 15 is 0 Å². The maximum absolute atomic E-state index is 12.2. The minimum Gasteiger partial charge on any atom is -0.379 e. The second kappa shape index (κ2) is 15.3. The minimum atomic E-state index is -0.359. The Morgan fingerprint density at radius 1 is 1.17 bits per heavy atom. The Morgan fingerprint density at radius 3 is 2.69 bits per heavy atom. The summed E-state index contributed by atoms with van der Waals surface area (Å²) in [6.45, 7) is 3.30. The van der Waals surface area contributed by atoms with E-state index in [-0.39, 0.29) is 11.8 Å². The number of primary amides is 1. The van der Waals surface area contributed by atoms with Crippen LogP contribution in [-0.4, -0.2) is 54.8 Å². The van der Waals surface area contributed by atoms with Gasteiger partial charge in [-0.1, -0.05) is 29.8 Å². The molecular weight excluding hydrogens is 572 g/mol. The SMILES string of the molecule is CNc1sc2c(c1C(N)=O)CCN(CCCNC(=O)CCc1cnc3ccccc3c1)C2.O=CNc1ccc(Cl)cc1. The van der Waals surface area contributed by atoms with E-state index in [2.05, 4.69) is 31.9 Å². The molecule has 2 aromatic heterocycles. The molecule has 0 saturated heterocycles. The van der Waals surface area contributed by atoms with Crippen LogP contribution in [0.1, 0.15) is 39.2 Å². The number of amides is 3. The standard InChI is InChI=1S/C24H29N5O2S.C7H6ClNO/c1-26-24-22(23(25)31)18-9-12-29(15-20(18)32-24)11-4-10-27-21(30)8-7-16-13-17-5-2-3-6-19(17)28-14-16;8-6-1-3-7(4-2-6)9-5-10/h2-3,5-6,13-14,26H,4,7-12,15H2,1H3,(H2,25,31)(H,27,30);1-5H,(H,9,10). The molecule has 2 aromatic carbocycles. The molecule has 220 valence electrons. The van der Waals surface area contributed by atoms with Crippen molar-refractivity contribution in [2.45, 2.75) is 32.2 Å². The first kappa shape index (κ1) is 31.0. The fourth-order valence-electron chi connectivity index (χ4n) is 4.83. The van der Waals surface area contributed by atoms with Crippen LogP contribution in [0, 0.1) is 0 Å². The maximum atomic E-state index is 12.2. The number of aromatic nitrogens is 1. The lowest BCUT2D eigenvalue weighted by atomic mass is 10.0. The number of anilines is 2. The molecule has 0 aliphatic carbocycles. The van der Waals surface area contributed by atoms with Gasteiger partial charge in [0.15, 0.2) is 0 Å². The summed E-state index contributed by atoms with van der Waals surface area (Å²) in [5.74, 6) is -0.287. The molecule has 0 saturated carbocycles. The quantitative estimate of drug-likeness (QED) is 0.143. The highest BCUT2D eigenvalue weighted by Gasteiger charge is 2.26. The van der Waals surface area contributed by atoms with Crippen molar-refractivity contribution in [1.82, 2.24) is 15.2 Å². The van der Waals surface area contributed by atoms with Gasteiger partial charge in [-0.2, -0.15) is 0 Å². The molecule has 0 bridgehead atoms. The fourth-order valence-corrected chi connectivity index (χ4v) is 6.20. The predicted octanol–water partition coefficient (Wildman–Crippen LogP) is 4.84. The highest BCUT2D eigenvalue weighted by Crippen LogP contribution is 2.36. The largest absolute Gasteiger partial charge is 0.379 e. The highest BCUT2D eigenvalue weighted by molar-refractivity contribution is 7.16. The van der Waals surface area contributed by atoms with Crippen molar-refractivity contribution in [3.8, 4) is 0 Å². The Hall–Kier alpha value is -3.99. The third kappa shape index (κ3) is 8.51. The number of nitrogens with one attached hydrogen (secondary N) is 3. The van der Waals surface area contributed by atoms with Crippen LogP contribution in [0.3, 0.4) is 0 Å². The number of aryl methyl sites for hydroxylation is 1.